The Bertz CT molecular complexity index is 817. The molecule has 0 aliphatic heterocycles. The van der Waals surface area contributed by atoms with Crippen molar-refractivity contribution in [2.24, 2.45) is 0 Å². The van der Waals surface area contributed by atoms with E-state index in [-0.39, 0.29) is 24.8 Å². The number of amides is 1. The molecule has 23 heavy (non-hydrogen) atoms. The molecule has 3 aromatic rings. The molecule has 3 rings (SSSR count). The summed E-state index contributed by atoms with van der Waals surface area (Å²) in [6.45, 7) is -0.0154. The number of hydrogen-bond donors (Lipinski definition) is 2. The lowest BCUT2D eigenvalue weighted by molar-refractivity contribution is -0.123. The highest BCUT2D eigenvalue weighted by molar-refractivity contribution is 9.10. The number of carbonyl (C=O) groups excluding carboxylic acids is 1. The van der Waals surface area contributed by atoms with Crippen LogP contribution >= 0.6 is 15.9 Å². The highest BCUT2D eigenvalue weighted by Gasteiger charge is 2.08. The Kier molecular flexibility index (Phi) is 4.57. The molecular formula is C16H13BrFN3O2. The molecule has 118 valence electrons. The number of H-pyrrole nitrogens is 1. The van der Waals surface area contributed by atoms with Crippen molar-refractivity contribution in [1.29, 1.82) is 0 Å². The number of ether oxygens (including phenoxy) is 1. The van der Waals surface area contributed by atoms with Gasteiger partial charge in [0.2, 0.25) is 0 Å². The Labute approximate surface area is 140 Å². The molecule has 0 bridgehead atoms. The van der Waals surface area contributed by atoms with Crippen LogP contribution in [-0.4, -0.2) is 22.5 Å². The van der Waals surface area contributed by atoms with Gasteiger partial charge < -0.3 is 15.0 Å². The number of carbonyl (C=O) groups is 1. The van der Waals surface area contributed by atoms with Crippen molar-refractivity contribution >= 4 is 32.9 Å². The summed E-state index contributed by atoms with van der Waals surface area (Å²) in [6, 6.07) is 12.0. The number of para-hydroxylation sites is 2. The van der Waals surface area contributed by atoms with Crippen molar-refractivity contribution in [1.82, 2.24) is 15.3 Å². The Balaban J connectivity index is 1.53. The van der Waals surface area contributed by atoms with E-state index in [0.717, 1.165) is 11.0 Å². The van der Waals surface area contributed by atoms with E-state index in [1.54, 1.807) is 6.07 Å². The van der Waals surface area contributed by atoms with Gasteiger partial charge in [0.15, 0.2) is 18.2 Å². The van der Waals surface area contributed by atoms with E-state index >= 15 is 0 Å². The second-order valence-corrected chi connectivity index (χ2v) is 5.76. The Morgan fingerprint density at radius 3 is 2.91 bits per heavy atom. The second-order valence-electron chi connectivity index (χ2n) is 4.84. The van der Waals surface area contributed by atoms with E-state index in [0.29, 0.717) is 10.3 Å². The SMILES string of the molecule is O=C(COc1ccc(Br)cc1F)NCc1nc2ccccc2[nH]1. The third-order valence-electron chi connectivity index (χ3n) is 3.14. The first kappa shape index (κ1) is 15.5. The largest absolute Gasteiger partial charge is 0.481 e. The zero-order valence-electron chi connectivity index (χ0n) is 12.0. The molecule has 2 N–H and O–H groups in total. The summed E-state index contributed by atoms with van der Waals surface area (Å²) in [4.78, 5) is 19.2. The molecule has 0 atom stereocenters. The normalized spacial score (nSPS) is 10.7. The van der Waals surface area contributed by atoms with Gasteiger partial charge in [0, 0.05) is 4.47 Å². The summed E-state index contributed by atoms with van der Waals surface area (Å²) < 4.78 is 19.3. The van der Waals surface area contributed by atoms with Crippen molar-refractivity contribution in [2.75, 3.05) is 6.61 Å². The van der Waals surface area contributed by atoms with Crippen LogP contribution in [0.3, 0.4) is 0 Å². The minimum Gasteiger partial charge on any atom is -0.481 e. The number of fused-ring (bicyclic) bond motifs is 1. The van der Waals surface area contributed by atoms with E-state index in [4.69, 9.17) is 4.74 Å². The fourth-order valence-corrected chi connectivity index (χ4v) is 2.39. The zero-order chi connectivity index (χ0) is 16.2. The van der Waals surface area contributed by atoms with Crippen LogP contribution in [0.15, 0.2) is 46.9 Å². The fourth-order valence-electron chi connectivity index (χ4n) is 2.06. The van der Waals surface area contributed by atoms with Gasteiger partial charge in [-0.15, -0.1) is 0 Å². The predicted molar refractivity (Wildman–Crippen MR) is 87.5 cm³/mol. The number of nitrogens with zero attached hydrogens (tertiary/aromatic N) is 1. The van der Waals surface area contributed by atoms with E-state index in [1.165, 1.54) is 12.1 Å². The topological polar surface area (TPSA) is 67.0 Å². The monoisotopic (exact) mass is 377 g/mol. The van der Waals surface area contributed by atoms with Gasteiger partial charge in [0.05, 0.1) is 17.6 Å². The Morgan fingerprint density at radius 2 is 2.13 bits per heavy atom. The van der Waals surface area contributed by atoms with Crippen LogP contribution in [0.4, 0.5) is 4.39 Å². The van der Waals surface area contributed by atoms with Gasteiger partial charge in [0.25, 0.3) is 5.91 Å². The molecule has 7 heteroatoms. The summed E-state index contributed by atoms with van der Waals surface area (Å²) in [7, 11) is 0. The minimum absolute atomic E-state index is 0.0343. The molecular weight excluding hydrogens is 365 g/mol. The molecule has 2 aromatic carbocycles. The lowest BCUT2D eigenvalue weighted by Gasteiger charge is -2.07. The van der Waals surface area contributed by atoms with Crippen LogP contribution < -0.4 is 10.1 Å². The molecule has 5 nitrogen and oxygen atoms in total. The van der Waals surface area contributed by atoms with Gasteiger partial charge in [-0.25, -0.2) is 9.37 Å². The second kappa shape index (κ2) is 6.78. The maximum Gasteiger partial charge on any atom is 0.258 e. The van der Waals surface area contributed by atoms with Crippen LogP contribution in [0.25, 0.3) is 11.0 Å². The number of imidazole rings is 1. The van der Waals surface area contributed by atoms with E-state index < -0.39 is 5.82 Å². The van der Waals surface area contributed by atoms with E-state index in [9.17, 15) is 9.18 Å². The van der Waals surface area contributed by atoms with Gasteiger partial charge in [-0.2, -0.15) is 0 Å². The highest BCUT2D eigenvalue weighted by Crippen LogP contribution is 2.21. The number of rotatable bonds is 5. The van der Waals surface area contributed by atoms with Crippen LogP contribution in [0.1, 0.15) is 5.82 Å². The van der Waals surface area contributed by atoms with Crippen molar-refractivity contribution in [3.63, 3.8) is 0 Å². The van der Waals surface area contributed by atoms with Gasteiger partial charge in [-0.1, -0.05) is 28.1 Å². The lowest BCUT2D eigenvalue weighted by atomic mass is 10.3. The summed E-state index contributed by atoms with van der Waals surface area (Å²) >= 11 is 3.16. The molecule has 1 heterocycles. The third-order valence-corrected chi connectivity index (χ3v) is 3.64. The molecule has 1 aromatic heterocycles. The minimum atomic E-state index is -0.524. The molecule has 0 saturated carbocycles. The summed E-state index contributed by atoms with van der Waals surface area (Å²) in [5, 5.41) is 2.67. The van der Waals surface area contributed by atoms with E-state index in [2.05, 4.69) is 31.2 Å². The number of benzene rings is 2. The number of hydrogen-bond acceptors (Lipinski definition) is 3. The average molecular weight is 378 g/mol. The van der Waals surface area contributed by atoms with Crippen molar-refractivity contribution in [2.45, 2.75) is 6.54 Å². The molecule has 0 aliphatic carbocycles. The van der Waals surface area contributed by atoms with Crippen LogP contribution in [0.5, 0.6) is 5.75 Å². The maximum atomic E-state index is 13.6. The standard InChI is InChI=1S/C16H13BrFN3O2/c17-10-5-6-14(11(18)7-10)23-9-16(22)19-8-15-20-12-3-1-2-4-13(12)21-15/h1-7H,8-9H2,(H,19,22)(H,20,21). The quantitative estimate of drug-likeness (QED) is 0.717. The molecule has 0 fully saturated rings. The first-order chi connectivity index (χ1) is 11.1. The maximum absolute atomic E-state index is 13.6. The van der Waals surface area contributed by atoms with Crippen LogP contribution in [0.2, 0.25) is 0 Å². The smallest absolute Gasteiger partial charge is 0.258 e. The molecule has 1 amide bonds. The zero-order valence-corrected chi connectivity index (χ0v) is 13.6. The van der Waals surface area contributed by atoms with Gasteiger partial charge >= 0.3 is 0 Å². The molecule has 0 aliphatic rings. The summed E-state index contributed by atoms with van der Waals surface area (Å²) in [5.41, 5.74) is 1.75. The van der Waals surface area contributed by atoms with Crippen LogP contribution in [-0.2, 0) is 11.3 Å². The lowest BCUT2D eigenvalue weighted by Crippen LogP contribution is -2.28. The number of aromatic nitrogens is 2. The first-order valence-electron chi connectivity index (χ1n) is 6.90. The molecule has 0 spiro atoms. The highest BCUT2D eigenvalue weighted by atomic mass is 79.9. The number of halogens is 2. The summed E-state index contributed by atoms with van der Waals surface area (Å²) in [5.74, 6) is -0.196. The fraction of sp³-hybridized carbons (Fsp3) is 0.125. The third kappa shape index (κ3) is 3.87. The van der Waals surface area contributed by atoms with E-state index in [1.807, 2.05) is 24.3 Å². The van der Waals surface area contributed by atoms with Crippen molar-refractivity contribution in [3.05, 3.63) is 58.6 Å². The van der Waals surface area contributed by atoms with Crippen LogP contribution in [0, 0.1) is 5.82 Å². The summed E-state index contributed by atoms with van der Waals surface area (Å²) in [6.07, 6.45) is 0. The van der Waals surface area contributed by atoms with Gasteiger partial charge in [-0.3, -0.25) is 4.79 Å². The van der Waals surface area contributed by atoms with Gasteiger partial charge in [0.1, 0.15) is 5.82 Å². The Morgan fingerprint density at radius 1 is 1.30 bits per heavy atom. The first-order valence-corrected chi connectivity index (χ1v) is 7.69. The molecule has 0 unspecified atom stereocenters. The average Bonchev–Trinajstić information content (AvgIpc) is 2.95. The predicted octanol–water partition coefficient (Wildman–Crippen LogP) is 3.16. The number of nitrogens with one attached hydrogen (secondary N) is 2. The molecule has 0 radical (unpaired) electrons. The Hall–Kier alpha value is -2.41. The molecule has 0 saturated heterocycles. The number of aromatic amines is 1. The van der Waals surface area contributed by atoms with Crippen molar-refractivity contribution in [3.8, 4) is 5.75 Å². The van der Waals surface area contributed by atoms with Gasteiger partial charge in [-0.05, 0) is 30.3 Å². The van der Waals surface area contributed by atoms with Crippen molar-refractivity contribution < 1.29 is 13.9 Å².